The molecule has 0 rings (SSSR count). The summed E-state index contributed by atoms with van der Waals surface area (Å²) in [6, 6.07) is 0. The predicted octanol–water partition coefficient (Wildman–Crippen LogP) is -0.0741. The van der Waals surface area contributed by atoms with E-state index in [2.05, 4.69) is 13.8 Å². The van der Waals surface area contributed by atoms with E-state index >= 15 is 0 Å². The number of rotatable bonds is 4. The van der Waals surface area contributed by atoms with Crippen LogP contribution in [0.1, 0.15) is 39.5 Å². The minimum atomic E-state index is 0. The molecule has 52 valence electrons. The van der Waals surface area contributed by atoms with Gasteiger partial charge in [0.05, 0.1) is 0 Å². The molecule has 0 aliphatic rings. The van der Waals surface area contributed by atoms with Gasteiger partial charge in [-0.15, -0.1) is 0 Å². The van der Waals surface area contributed by atoms with Crippen LogP contribution in [0.5, 0.6) is 0 Å². The van der Waals surface area contributed by atoms with E-state index in [-0.39, 0.29) is 17.0 Å². The first-order valence-electron chi connectivity index (χ1n) is 3.60. The first-order valence-corrected chi connectivity index (χ1v) is 5.31. The van der Waals surface area contributed by atoms with Crippen molar-refractivity contribution in [2.24, 2.45) is 0 Å². The molecule has 0 aliphatic heterocycles. The first kappa shape index (κ1) is 12.8. The minimum Gasteiger partial charge on any atom is -1.00 e. The van der Waals surface area contributed by atoms with Gasteiger partial charge in [0.1, 0.15) is 0 Å². The number of unbranched alkanes of at least 4 members (excludes halogenated alkanes) is 2. The molecule has 0 spiro atoms. The molecule has 0 nitrogen and oxygen atoms in total. The maximum absolute atomic E-state index is 2.34. The largest absolute Gasteiger partial charge is 1.00 e. The Hall–Kier alpha value is 1.10. The van der Waals surface area contributed by atoms with Crippen molar-refractivity contribution >= 4 is 0 Å². The van der Waals surface area contributed by atoms with Crippen molar-refractivity contribution in [3.63, 3.8) is 0 Å². The number of hydrogen-bond acceptors (Lipinski definition) is 0. The van der Waals surface area contributed by atoms with Crippen LogP contribution >= 0.6 is 0 Å². The molecule has 9 heavy (non-hydrogen) atoms. The predicted molar refractivity (Wildman–Crippen MR) is 33.6 cm³/mol. The smallest absolute Gasteiger partial charge is 1.00 e. The molecule has 0 fully saturated rings. The molecular weight excluding hydrogens is 229 g/mol. The summed E-state index contributed by atoms with van der Waals surface area (Å²) in [6.45, 7) is 4.60. The van der Waals surface area contributed by atoms with Gasteiger partial charge in [-0.1, -0.05) is 0 Å². The second kappa shape index (κ2) is 9.10. The van der Waals surface area contributed by atoms with Crippen molar-refractivity contribution in [3.8, 4) is 0 Å². The van der Waals surface area contributed by atoms with Crippen molar-refractivity contribution in [1.82, 2.24) is 0 Å². The van der Waals surface area contributed by atoms with Crippen LogP contribution in [0.15, 0.2) is 0 Å². The standard InChI is InChI=1S/C7H15.BrH.Zn/c1-3-5-7-6-4-2;;/h3H,4-7H2,1-2H3;1H;/q;;+1/p-1. The normalized spacial score (nSPS) is 12.4. The van der Waals surface area contributed by atoms with Gasteiger partial charge in [-0.25, -0.2) is 0 Å². The fourth-order valence-electron chi connectivity index (χ4n) is 0.743. The SMILES string of the molecule is CCCCC[CH](C)[Zn+].[Br-]. The van der Waals surface area contributed by atoms with Crippen LogP contribution in [0.3, 0.4) is 0 Å². The zero-order chi connectivity index (χ0) is 6.41. The first-order chi connectivity index (χ1) is 3.77. The zero-order valence-electron chi connectivity index (χ0n) is 6.49. The maximum Gasteiger partial charge on any atom is -1.00 e. The van der Waals surface area contributed by atoms with E-state index in [9.17, 15) is 0 Å². The molecule has 0 aromatic carbocycles. The quantitative estimate of drug-likeness (QED) is 0.480. The van der Waals surface area contributed by atoms with Crippen molar-refractivity contribution < 1.29 is 35.3 Å². The molecule has 0 bridgehead atoms. The molecule has 0 amide bonds. The van der Waals surface area contributed by atoms with E-state index in [1.807, 2.05) is 0 Å². The Balaban J connectivity index is 0. The molecule has 1 unspecified atom stereocenters. The molecule has 2 heteroatoms. The molecule has 0 heterocycles. The van der Waals surface area contributed by atoms with Crippen molar-refractivity contribution in [3.05, 3.63) is 0 Å². The van der Waals surface area contributed by atoms with Crippen molar-refractivity contribution in [1.29, 1.82) is 0 Å². The summed E-state index contributed by atoms with van der Waals surface area (Å²) < 4.78 is 1.03. The van der Waals surface area contributed by atoms with Crippen LogP contribution in [0.25, 0.3) is 0 Å². The Labute approximate surface area is 79.2 Å². The van der Waals surface area contributed by atoms with Gasteiger partial charge in [0, 0.05) is 0 Å². The third-order valence-electron chi connectivity index (χ3n) is 1.30. The fourth-order valence-corrected chi connectivity index (χ4v) is 1.35. The van der Waals surface area contributed by atoms with Crippen LogP contribution in [0.4, 0.5) is 0 Å². The number of hydrogen-bond donors (Lipinski definition) is 0. The summed E-state index contributed by atoms with van der Waals surface area (Å²) in [5.74, 6) is 0. The second-order valence-electron chi connectivity index (χ2n) is 2.60. The average Bonchev–Trinajstić information content (AvgIpc) is 1.66. The monoisotopic (exact) mass is 242 g/mol. The summed E-state index contributed by atoms with van der Waals surface area (Å²) in [6.07, 6.45) is 5.72. The van der Waals surface area contributed by atoms with Gasteiger partial charge in [-0.2, -0.15) is 0 Å². The Morgan fingerprint density at radius 3 is 2.22 bits per heavy atom. The summed E-state index contributed by atoms with van der Waals surface area (Å²) >= 11 is 1.48. The van der Waals surface area contributed by atoms with Crippen LogP contribution in [0, 0.1) is 0 Å². The van der Waals surface area contributed by atoms with Gasteiger partial charge in [0.15, 0.2) is 0 Å². The number of halogens is 1. The zero-order valence-corrected chi connectivity index (χ0v) is 11.0. The third-order valence-corrected chi connectivity index (χ3v) is 2.16. The molecule has 1 atom stereocenters. The molecule has 0 radical (unpaired) electrons. The molecule has 0 aromatic rings. The van der Waals surface area contributed by atoms with Crippen molar-refractivity contribution in [2.75, 3.05) is 0 Å². The van der Waals surface area contributed by atoms with E-state index < -0.39 is 0 Å². The Kier molecular flexibility index (Phi) is 12.9. The Morgan fingerprint density at radius 2 is 1.89 bits per heavy atom. The summed E-state index contributed by atoms with van der Waals surface area (Å²) in [5, 5.41) is 0. The summed E-state index contributed by atoms with van der Waals surface area (Å²) in [7, 11) is 0. The molecule has 0 saturated carbocycles. The van der Waals surface area contributed by atoms with E-state index in [1.54, 1.807) is 0 Å². The van der Waals surface area contributed by atoms with Crippen LogP contribution in [-0.4, -0.2) is 0 Å². The average molecular weight is 244 g/mol. The summed E-state index contributed by atoms with van der Waals surface area (Å²) in [4.78, 5) is 0. The van der Waals surface area contributed by atoms with E-state index in [4.69, 9.17) is 0 Å². The fraction of sp³-hybridized carbons (Fsp3) is 1.00. The Bertz CT molecular complexity index is 46.2. The van der Waals surface area contributed by atoms with E-state index in [0.29, 0.717) is 0 Å². The third kappa shape index (κ3) is 12.3. The van der Waals surface area contributed by atoms with Gasteiger partial charge in [0.25, 0.3) is 0 Å². The topological polar surface area (TPSA) is 0 Å². The van der Waals surface area contributed by atoms with Gasteiger partial charge in [0.2, 0.25) is 0 Å². The van der Waals surface area contributed by atoms with Gasteiger partial charge in [-0.05, 0) is 0 Å². The van der Waals surface area contributed by atoms with Crippen molar-refractivity contribution in [2.45, 2.75) is 44.0 Å². The summed E-state index contributed by atoms with van der Waals surface area (Å²) in [5.41, 5.74) is 0. The maximum atomic E-state index is 2.34. The van der Waals surface area contributed by atoms with Crippen LogP contribution in [0.2, 0.25) is 4.51 Å². The van der Waals surface area contributed by atoms with Crippen LogP contribution < -0.4 is 17.0 Å². The van der Waals surface area contributed by atoms with Gasteiger partial charge >= 0.3 is 62.3 Å². The molecule has 0 aromatic heterocycles. The minimum absolute atomic E-state index is 0. The molecule has 0 N–H and O–H groups in total. The molecule has 0 aliphatic carbocycles. The van der Waals surface area contributed by atoms with Gasteiger partial charge in [-0.3, -0.25) is 0 Å². The second-order valence-corrected chi connectivity index (χ2v) is 5.53. The van der Waals surface area contributed by atoms with Gasteiger partial charge < -0.3 is 17.0 Å². The van der Waals surface area contributed by atoms with E-state index in [0.717, 1.165) is 4.51 Å². The molecule has 0 saturated heterocycles. The van der Waals surface area contributed by atoms with Crippen LogP contribution in [-0.2, 0) is 18.3 Å². The van der Waals surface area contributed by atoms with E-state index in [1.165, 1.54) is 44.0 Å². The molecular formula is C7H15BrZn. The Morgan fingerprint density at radius 1 is 1.33 bits per heavy atom.